The molecule has 0 unspecified atom stereocenters. The van der Waals surface area contributed by atoms with Crippen LogP contribution in [-0.4, -0.2) is 23.2 Å². The number of aromatic amines is 1. The Balaban J connectivity index is 2.08. The van der Waals surface area contributed by atoms with Crippen molar-refractivity contribution in [3.63, 3.8) is 0 Å². The van der Waals surface area contributed by atoms with E-state index in [0.29, 0.717) is 12.3 Å². The average Bonchev–Trinajstić information content (AvgIpc) is 2.83. The fourth-order valence-corrected chi connectivity index (χ4v) is 1.49. The van der Waals surface area contributed by atoms with Gasteiger partial charge >= 0.3 is 0 Å². The number of H-pyrrole nitrogens is 1. The zero-order valence-corrected chi connectivity index (χ0v) is 9.43. The van der Waals surface area contributed by atoms with Crippen LogP contribution in [0.5, 0.6) is 0 Å². The zero-order chi connectivity index (χ0) is 12.1. The second kappa shape index (κ2) is 5.27. The van der Waals surface area contributed by atoms with Gasteiger partial charge in [-0.25, -0.2) is 0 Å². The number of nitrogens with one attached hydrogen (secondary N) is 2. The number of benzene rings is 1. The van der Waals surface area contributed by atoms with Crippen LogP contribution in [0.3, 0.4) is 0 Å². The van der Waals surface area contributed by atoms with E-state index in [1.807, 2.05) is 24.3 Å². The lowest BCUT2D eigenvalue weighted by Crippen LogP contribution is -2.12. The van der Waals surface area contributed by atoms with Gasteiger partial charge in [0.1, 0.15) is 5.69 Å². The van der Waals surface area contributed by atoms with Crippen molar-refractivity contribution in [2.75, 3.05) is 12.4 Å². The number of nitrogens with zero attached hydrogens (tertiary/aromatic N) is 1. The lowest BCUT2D eigenvalue weighted by molar-refractivity contribution is 0.102. The molecule has 0 saturated carbocycles. The number of rotatable bonds is 4. The van der Waals surface area contributed by atoms with E-state index in [9.17, 15) is 4.79 Å². The van der Waals surface area contributed by atoms with Crippen molar-refractivity contribution in [2.24, 2.45) is 0 Å². The fourth-order valence-electron chi connectivity index (χ4n) is 1.49. The maximum atomic E-state index is 11.7. The maximum Gasteiger partial charge on any atom is 0.273 e. The van der Waals surface area contributed by atoms with Gasteiger partial charge in [-0.2, -0.15) is 5.10 Å². The highest BCUT2D eigenvalue weighted by molar-refractivity contribution is 6.02. The molecule has 5 nitrogen and oxygen atoms in total. The molecule has 0 atom stereocenters. The number of amides is 1. The minimum atomic E-state index is -0.211. The first-order valence-corrected chi connectivity index (χ1v) is 5.18. The molecule has 17 heavy (non-hydrogen) atoms. The summed E-state index contributed by atoms with van der Waals surface area (Å²) < 4.78 is 5.03. The summed E-state index contributed by atoms with van der Waals surface area (Å²) in [7, 11) is 1.63. The number of ether oxygens (including phenoxy) is 1. The molecule has 0 fully saturated rings. The first kappa shape index (κ1) is 11.3. The predicted octanol–water partition coefficient (Wildman–Crippen LogP) is 1.81. The van der Waals surface area contributed by atoms with Crippen LogP contribution in [0.2, 0.25) is 0 Å². The summed E-state index contributed by atoms with van der Waals surface area (Å²) in [5, 5.41) is 9.11. The molecule has 0 aliphatic rings. The van der Waals surface area contributed by atoms with Gasteiger partial charge in [0.15, 0.2) is 0 Å². The van der Waals surface area contributed by atoms with Gasteiger partial charge in [0, 0.05) is 19.0 Å². The third-order valence-corrected chi connectivity index (χ3v) is 2.24. The van der Waals surface area contributed by atoms with Crippen LogP contribution in [0.1, 0.15) is 16.1 Å². The summed E-state index contributed by atoms with van der Waals surface area (Å²) in [5.41, 5.74) is 2.18. The van der Waals surface area contributed by atoms with E-state index in [2.05, 4.69) is 15.5 Å². The van der Waals surface area contributed by atoms with Crippen LogP contribution in [0.15, 0.2) is 36.5 Å². The molecular formula is C12H13N3O2. The summed E-state index contributed by atoms with van der Waals surface area (Å²) >= 11 is 0. The van der Waals surface area contributed by atoms with E-state index in [1.165, 1.54) is 6.20 Å². The van der Waals surface area contributed by atoms with Crippen molar-refractivity contribution in [1.29, 1.82) is 0 Å². The maximum absolute atomic E-state index is 11.7. The Kier molecular flexibility index (Phi) is 3.52. The normalized spacial score (nSPS) is 10.2. The lowest BCUT2D eigenvalue weighted by atomic mass is 10.2. The van der Waals surface area contributed by atoms with Gasteiger partial charge in [-0.05, 0) is 23.8 Å². The molecule has 1 aromatic heterocycles. The summed E-state index contributed by atoms with van der Waals surface area (Å²) in [6.07, 6.45) is 1.54. The third kappa shape index (κ3) is 2.92. The number of anilines is 1. The van der Waals surface area contributed by atoms with E-state index in [0.717, 1.165) is 11.3 Å². The molecule has 5 heteroatoms. The van der Waals surface area contributed by atoms with Gasteiger partial charge in [0.25, 0.3) is 5.91 Å². The number of hydrogen-bond acceptors (Lipinski definition) is 3. The molecule has 1 aromatic carbocycles. The molecule has 88 valence electrons. The SMILES string of the molecule is COCc1cccc(NC(=O)c2ccn[nH]2)c1. The van der Waals surface area contributed by atoms with E-state index in [4.69, 9.17) is 4.74 Å². The van der Waals surface area contributed by atoms with Crippen molar-refractivity contribution in [2.45, 2.75) is 6.61 Å². The monoisotopic (exact) mass is 231 g/mol. The van der Waals surface area contributed by atoms with Crippen molar-refractivity contribution in [3.05, 3.63) is 47.8 Å². The topological polar surface area (TPSA) is 67.0 Å². The van der Waals surface area contributed by atoms with Crippen molar-refractivity contribution in [3.8, 4) is 0 Å². The highest BCUT2D eigenvalue weighted by atomic mass is 16.5. The molecule has 0 bridgehead atoms. The van der Waals surface area contributed by atoms with E-state index >= 15 is 0 Å². The molecule has 1 heterocycles. The summed E-state index contributed by atoms with van der Waals surface area (Å²) in [5.74, 6) is -0.211. The highest BCUT2D eigenvalue weighted by Crippen LogP contribution is 2.12. The first-order valence-electron chi connectivity index (χ1n) is 5.18. The van der Waals surface area contributed by atoms with Gasteiger partial charge in [0.2, 0.25) is 0 Å². The van der Waals surface area contributed by atoms with Gasteiger partial charge < -0.3 is 10.1 Å². The zero-order valence-electron chi connectivity index (χ0n) is 9.43. The molecule has 2 aromatic rings. The van der Waals surface area contributed by atoms with Crippen molar-refractivity contribution in [1.82, 2.24) is 10.2 Å². The summed E-state index contributed by atoms with van der Waals surface area (Å²) in [6.45, 7) is 0.522. The third-order valence-electron chi connectivity index (χ3n) is 2.24. The first-order chi connectivity index (χ1) is 8.29. The minimum absolute atomic E-state index is 0.211. The molecule has 1 amide bonds. The largest absolute Gasteiger partial charge is 0.380 e. The Bertz CT molecular complexity index is 494. The molecular weight excluding hydrogens is 218 g/mol. The Morgan fingerprint density at radius 1 is 1.47 bits per heavy atom. The fraction of sp³-hybridized carbons (Fsp3) is 0.167. The number of aromatic nitrogens is 2. The van der Waals surface area contributed by atoms with Crippen LogP contribution in [0, 0.1) is 0 Å². The van der Waals surface area contributed by atoms with E-state index in [-0.39, 0.29) is 5.91 Å². The number of methoxy groups -OCH3 is 1. The highest BCUT2D eigenvalue weighted by Gasteiger charge is 2.06. The van der Waals surface area contributed by atoms with Crippen LogP contribution < -0.4 is 5.32 Å². The van der Waals surface area contributed by atoms with Crippen LogP contribution in [0.25, 0.3) is 0 Å². The van der Waals surface area contributed by atoms with Crippen LogP contribution in [0.4, 0.5) is 5.69 Å². The number of hydrogen-bond donors (Lipinski definition) is 2. The molecule has 0 spiro atoms. The van der Waals surface area contributed by atoms with Crippen LogP contribution >= 0.6 is 0 Å². The van der Waals surface area contributed by atoms with Crippen molar-refractivity contribution < 1.29 is 9.53 Å². The van der Waals surface area contributed by atoms with E-state index < -0.39 is 0 Å². The standard InChI is InChI=1S/C12H13N3O2/c1-17-8-9-3-2-4-10(7-9)14-12(16)11-5-6-13-15-11/h2-7H,8H2,1H3,(H,13,15)(H,14,16). The smallest absolute Gasteiger partial charge is 0.273 e. The second-order valence-corrected chi connectivity index (χ2v) is 3.56. The Morgan fingerprint density at radius 2 is 2.35 bits per heavy atom. The number of carbonyl (C=O) groups excluding carboxylic acids is 1. The molecule has 2 N–H and O–H groups in total. The number of carbonyl (C=O) groups is 1. The average molecular weight is 231 g/mol. The van der Waals surface area contributed by atoms with Gasteiger partial charge in [-0.1, -0.05) is 12.1 Å². The van der Waals surface area contributed by atoms with Gasteiger partial charge in [-0.3, -0.25) is 9.89 Å². The predicted molar refractivity (Wildman–Crippen MR) is 63.7 cm³/mol. The Morgan fingerprint density at radius 3 is 3.06 bits per heavy atom. The molecule has 0 aliphatic heterocycles. The summed E-state index contributed by atoms with van der Waals surface area (Å²) in [6, 6.07) is 9.13. The Hall–Kier alpha value is -2.14. The molecule has 0 aliphatic carbocycles. The summed E-state index contributed by atoms with van der Waals surface area (Å²) in [4.78, 5) is 11.7. The minimum Gasteiger partial charge on any atom is -0.380 e. The van der Waals surface area contributed by atoms with Gasteiger partial charge in [0.05, 0.1) is 6.61 Å². The molecule has 2 rings (SSSR count). The van der Waals surface area contributed by atoms with Crippen molar-refractivity contribution >= 4 is 11.6 Å². The Labute approximate surface area is 98.8 Å². The molecule has 0 radical (unpaired) electrons. The molecule has 0 saturated heterocycles. The van der Waals surface area contributed by atoms with E-state index in [1.54, 1.807) is 13.2 Å². The lowest BCUT2D eigenvalue weighted by Gasteiger charge is -2.05. The second-order valence-electron chi connectivity index (χ2n) is 3.56. The van der Waals surface area contributed by atoms with Gasteiger partial charge in [-0.15, -0.1) is 0 Å². The van der Waals surface area contributed by atoms with Crippen LogP contribution in [-0.2, 0) is 11.3 Å². The quantitative estimate of drug-likeness (QED) is 0.843.